The zero-order valence-corrected chi connectivity index (χ0v) is 22.2. The van der Waals surface area contributed by atoms with Gasteiger partial charge < -0.3 is 0 Å². The van der Waals surface area contributed by atoms with Gasteiger partial charge in [-0.15, -0.1) is 11.3 Å². The second-order valence-electron chi connectivity index (χ2n) is 10.2. The molecule has 0 amide bonds. The molecule has 0 spiro atoms. The van der Waals surface area contributed by atoms with Gasteiger partial charge in [-0.2, -0.15) is 0 Å². The molecule has 3 aromatic heterocycles. The van der Waals surface area contributed by atoms with Crippen LogP contribution in [0.5, 0.6) is 0 Å². The fraction of sp³-hybridized carbons (Fsp3) is 0. The lowest BCUT2D eigenvalue weighted by Crippen LogP contribution is -2.03. The van der Waals surface area contributed by atoms with Crippen LogP contribution in [0.1, 0.15) is 0 Å². The zero-order chi connectivity index (χ0) is 26.2. The summed E-state index contributed by atoms with van der Waals surface area (Å²) in [6.45, 7) is 0. The molecule has 0 saturated heterocycles. The van der Waals surface area contributed by atoms with Crippen LogP contribution in [0, 0.1) is 0 Å². The number of para-hydroxylation sites is 3. The highest BCUT2D eigenvalue weighted by Crippen LogP contribution is 2.44. The van der Waals surface area contributed by atoms with Gasteiger partial charge in [0.25, 0.3) is 0 Å². The van der Waals surface area contributed by atoms with Gasteiger partial charge in [0.2, 0.25) is 0 Å². The van der Waals surface area contributed by atoms with E-state index in [1.54, 1.807) is 0 Å². The Bertz CT molecular complexity index is 2430. The predicted molar refractivity (Wildman–Crippen MR) is 170 cm³/mol. The van der Waals surface area contributed by atoms with Crippen molar-refractivity contribution < 1.29 is 0 Å². The number of benzene rings is 6. The van der Waals surface area contributed by atoms with E-state index in [9.17, 15) is 0 Å². The van der Waals surface area contributed by atoms with Gasteiger partial charge in [0.1, 0.15) is 5.69 Å². The van der Waals surface area contributed by atoms with Gasteiger partial charge in [0, 0.05) is 41.9 Å². The lowest BCUT2D eigenvalue weighted by Gasteiger charge is -2.14. The van der Waals surface area contributed by atoms with Crippen LogP contribution in [-0.4, -0.2) is 14.5 Å². The molecule has 9 aromatic rings. The SMILES string of the molecule is c1ccc(-c2nc3ccccc3nc2-n2c3ccccc3c3c4c(ccc5c6ccccc6sc54)ccc32)cc1. The smallest absolute Gasteiger partial charge is 0.165 e. The molecule has 3 nitrogen and oxygen atoms in total. The molecule has 0 aliphatic carbocycles. The maximum absolute atomic E-state index is 5.27. The maximum Gasteiger partial charge on any atom is 0.165 e. The van der Waals surface area contributed by atoms with Crippen LogP contribution in [-0.2, 0) is 0 Å². The first kappa shape index (κ1) is 21.8. The summed E-state index contributed by atoms with van der Waals surface area (Å²) in [6.07, 6.45) is 0. The van der Waals surface area contributed by atoms with Crippen molar-refractivity contribution >= 4 is 75.1 Å². The Morgan fingerprint density at radius 1 is 0.500 bits per heavy atom. The molecule has 0 fully saturated rings. The Kier molecular flexibility index (Phi) is 4.48. The van der Waals surface area contributed by atoms with Crippen LogP contribution < -0.4 is 0 Å². The Morgan fingerprint density at radius 2 is 1.20 bits per heavy atom. The first-order valence-electron chi connectivity index (χ1n) is 13.4. The van der Waals surface area contributed by atoms with Crippen LogP contribution in [0.2, 0.25) is 0 Å². The second kappa shape index (κ2) is 8.22. The number of thiophene rings is 1. The lowest BCUT2D eigenvalue weighted by molar-refractivity contribution is 1.08. The Balaban J connectivity index is 1.49. The minimum atomic E-state index is 0.846. The number of aromatic nitrogens is 3. The minimum absolute atomic E-state index is 0.846. The van der Waals surface area contributed by atoms with Crippen molar-refractivity contribution in [3.05, 3.63) is 127 Å². The van der Waals surface area contributed by atoms with Crippen molar-refractivity contribution in [2.75, 3.05) is 0 Å². The molecule has 9 rings (SSSR count). The minimum Gasteiger partial charge on any atom is -0.292 e. The first-order chi connectivity index (χ1) is 19.8. The van der Waals surface area contributed by atoms with E-state index in [1.165, 1.54) is 41.7 Å². The Labute approximate surface area is 233 Å². The van der Waals surface area contributed by atoms with Crippen molar-refractivity contribution in [1.82, 2.24) is 14.5 Å². The third-order valence-electron chi connectivity index (χ3n) is 7.97. The largest absolute Gasteiger partial charge is 0.292 e. The molecule has 0 bridgehead atoms. The molecule has 4 heteroatoms. The standard InChI is InChI=1S/C36H21N3S/c1-2-10-23(11-3-1)34-36(38-28-15-7-6-14-27(28)37-34)39-29-16-8-4-13-26(29)33-30(39)21-19-22-18-20-25-24-12-5-9-17-31(24)40-35(25)32(22)33/h1-21H. The first-order valence-corrected chi connectivity index (χ1v) is 14.3. The molecular weight excluding hydrogens is 506 g/mol. The fourth-order valence-corrected chi connectivity index (χ4v) is 7.48. The van der Waals surface area contributed by atoms with E-state index in [4.69, 9.17) is 9.97 Å². The summed E-state index contributed by atoms with van der Waals surface area (Å²) in [5.41, 5.74) is 5.97. The van der Waals surface area contributed by atoms with Crippen molar-refractivity contribution in [3.63, 3.8) is 0 Å². The number of hydrogen-bond acceptors (Lipinski definition) is 3. The molecule has 3 heterocycles. The summed E-state index contributed by atoms with van der Waals surface area (Å²) in [6, 6.07) is 45.0. The summed E-state index contributed by atoms with van der Waals surface area (Å²) in [4.78, 5) is 10.4. The summed E-state index contributed by atoms with van der Waals surface area (Å²) in [5.74, 6) is 0.846. The highest BCUT2D eigenvalue weighted by Gasteiger charge is 2.21. The van der Waals surface area contributed by atoms with Crippen LogP contribution in [0.3, 0.4) is 0 Å². The average Bonchev–Trinajstić information content (AvgIpc) is 3.57. The Morgan fingerprint density at radius 3 is 2.08 bits per heavy atom. The predicted octanol–water partition coefficient (Wildman–Crippen LogP) is 9.91. The van der Waals surface area contributed by atoms with E-state index in [-0.39, 0.29) is 0 Å². The number of hydrogen-bond donors (Lipinski definition) is 0. The highest BCUT2D eigenvalue weighted by molar-refractivity contribution is 7.26. The van der Waals surface area contributed by atoms with Crippen molar-refractivity contribution in [3.8, 4) is 17.1 Å². The molecule has 0 atom stereocenters. The van der Waals surface area contributed by atoms with E-state index >= 15 is 0 Å². The summed E-state index contributed by atoms with van der Waals surface area (Å²) >= 11 is 1.88. The number of nitrogens with zero attached hydrogens (tertiary/aromatic N) is 3. The summed E-state index contributed by atoms with van der Waals surface area (Å²) < 4.78 is 4.97. The highest BCUT2D eigenvalue weighted by atomic mass is 32.1. The number of rotatable bonds is 2. The maximum atomic E-state index is 5.27. The Hall–Kier alpha value is -5.06. The van der Waals surface area contributed by atoms with Crippen LogP contribution in [0.25, 0.3) is 80.9 Å². The molecule has 0 N–H and O–H groups in total. The third kappa shape index (κ3) is 2.99. The quantitative estimate of drug-likeness (QED) is 0.224. The average molecular weight is 528 g/mol. The van der Waals surface area contributed by atoms with E-state index in [0.717, 1.165) is 39.1 Å². The van der Waals surface area contributed by atoms with E-state index in [0.29, 0.717) is 0 Å². The molecule has 0 aliphatic rings. The zero-order valence-electron chi connectivity index (χ0n) is 21.4. The summed E-state index contributed by atoms with van der Waals surface area (Å²) in [7, 11) is 0. The van der Waals surface area contributed by atoms with Crippen molar-refractivity contribution in [2.24, 2.45) is 0 Å². The molecule has 40 heavy (non-hydrogen) atoms. The monoisotopic (exact) mass is 527 g/mol. The van der Waals surface area contributed by atoms with Gasteiger partial charge in [0.15, 0.2) is 5.82 Å². The van der Waals surface area contributed by atoms with Crippen LogP contribution in [0.15, 0.2) is 127 Å². The van der Waals surface area contributed by atoms with Crippen molar-refractivity contribution in [2.45, 2.75) is 0 Å². The summed E-state index contributed by atoms with van der Waals surface area (Å²) in [5, 5.41) is 7.68. The molecule has 186 valence electrons. The molecule has 0 unspecified atom stereocenters. The van der Waals surface area contributed by atoms with Gasteiger partial charge in [-0.3, -0.25) is 4.57 Å². The van der Waals surface area contributed by atoms with Gasteiger partial charge in [-0.1, -0.05) is 97.1 Å². The second-order valence-corrected chi connectivity index (χ2v) is 11.3. The van der Waals surface area contributed by atoms with Crippen LogP contribution in [0.4, 0.5) is 0 Å². The third-order valence-corrected chi connectivity index (χ3v) is 9.18. The fourth-order valence-electron chi connectivity index (χ4n) is 6.21. The number of fused-ring (bicyclic) bond motifs is 10. The molecule has 0 saturated carbocycles. The molecule has 0 aliphatic heterocycles. The molecule has 0 radical (unpaired) electrons. The van der Waals surface area contributed by atoms with Gasteiger partial charge in [-0.05, 0) is 35.7 Å². The molecule has 6 aromatic carbocycles. The van der Waals surface area contributed by atoms with Gasteiger partial charge in [0.05, 0.1) is 22.1 Å². The lowest BCUT2D eigenvalue weighted by atomic mass is 10.0. The van der Waals surface area contributed by atoms with Crippen molar-refractivity contribution in [1.29, 1.82) is 0 Å². The van der Waals surface area contributed by atoms with Gasteiger partial charge >= 0.3 is 0 Å². The van der Waals surface area contributed by atoms with E-state index < -0.39 is 0 Å². The van der Waals surface area contributed by atoms with Gasteiger partial charge in [-0.25, -0.2) is 9.97 Å². The normalized spacial score (nSPS) is 12.0. The van der Waals surface area contributed by atoms with Crippen LogP contribution >= 0.6 is 11.3 Å². The van der Waals surface area contributed by atoms with E-state index in [1.807, 2.05) is 41.7 Å². The topological polar surface area (TPSA) is 30.7 Å². The van der Waals surface area contributed by atoms with E-state index in [2.05, 4.69) is 102 Å². The molecular formula is C36H21N3S.